The lowest BCUT2D eigenvalue weighted by atomic mass is 9.87. The minimum absolute atomic E-state index is 0.173. The number of hydrogen-bond acceptors (Lipinski definition) is 4. The molecule has 0 heterocycles. The van der Waals surface area contributed by atoms with Gasteiger partial charge in [-0.05, 0) is 48.6 Å². The molecule has 4 nitrogen and oxygen atoms in total. The van der Waals surface area contributed by atoms with Gasteiger partial charge in [0.05, 0.1) is 13.7 Å². The maximum absolute atomic E-state index is 11.4. The Morgan fingerprint density at radius 1 is 1.13 bits per heavy atom. The van der Waals surface area contributed by atoms with Crippen molar-refractivity contribution in [3.05, 3.63) is 35.4 Å². The molecule has 0 bridgehead atoms. The van der Waals surface area contributed by atoms with Crippen molar-refractivity contribution in [3.63, 3.8) is 0 Å². The van der Waals surface area contributed by atoms with Crippen LogP contribution in [-0.2, 0) is 31.9 Å². The predicted molar refractivity (Wildman–Crippen MR) is 87.9 cm³/mol. The lowest BCUT2D eigenvalue weighted by Gasteiger charge is -2.20. The monoisotopic (exact) mass is 318 g/mol. The summed E-state index contributed by atoms with van der Waals surface area (Å²) in [5, 5.41) is 0. The van der Waals surface area contributed by atoms with E-state index in [1.807, 2.05) is 12.1 Å². The van der Waals surface area contributed by atoms with Crippen LogP contribution in [0, 0.1) is 11.8 Å². The van der Waals surface area contributed by atoms with Crippen LogP contribution in [0.15, 0.2) is 24.3 Å². The van der Waals surface area contributed by atoms with E-state index >= 15 is 0 Å². The molecule has 0 aromatic heterocycles. The lowest BCUT2D eigenvalue weighted by molar-refractivity contribution is -0.143. The quantitative estimate of drug-likeness (QED) is 0.724. The summed E-state index contributed by atoms with van der Waals surface area (Å²) in [5.74, 6) is 0.628. The third kappa shape index (κ3) is 5.38. The van der Waals surface area contributed by atoms with Gasteiger partial charge in [0.1, 0.15) is 0 Å². The van der Waals surface area contributed by atoms with E-state index < -0.39 is 0 Å². The summed E-state index contributed by atoms with van der Waals surface area (Å²) >= 11 is 0. The summed E-state index contributed by atoms with van der Waals surface area (Å²) in [5.41, 5.74) is 2.52. The van der Waals surface area contributed by atoms with Crippen molar-refractivity contribution in [2.24, 2.45) is 11.8 Å². The van der Waals surface area contributed by atoms with Gasteiger partial charge in [-0.15, -0.1) is 0 Å². The zero-order valence-corrected chi connectivity index (χ0v) is 14.0. The topological polar surface area (TPSA) is 52.6 Å². The third-order valence-corrected chi connectivity index (χ3v) is 4.74. The predicted octanol–water partition coefficient (Wildman–Crippen LogP) is 3.31. The van der Waals surface area contributed by atoms with Gasteiger partial charge in [-0.25, -0.2) is 0 Å². The Bertz CT molecular complexity index is 538. The van der Waals surface area contributed by atoms with Crippen molar-refractivity contribution >= 4 is 11.9 Å². The van der Waals surface area contributed by atoms with Crippen molar-refractivity contribution in [2.45, 2.75) is 45.4 Å². The third-order valence-electron chi connectivity index (χ3n) is 4.74. The molecule has 1 aromatic rings. The number of carbonyl (C=O) groups is 2. The highest BCUT2D eigenvalue weighted by atomic mass is 16.5. The molecule has 2 rings (SSSR count). The molecular formula is C19H26O4. The number of benzene rings is 1. The molecule has 1 aliphatic rings. The van der Waals surface area contributed by atoms with Gasteiger partial charge in [0, 0.05) is 13.3 Å². The van der Waals surface area contributed by atoms with Crippen molar-refractivity contribution in [1.82, 2.24) is 0 Å². The second-order valence-corrected chi connectivity index (χ2v) is 6.30. The number of ether oxygens (including phenoxy) is 2. The maximum Gasteiger partial charge on any atom is 0.305 e. The summed E-state index contributed by atoms with van der Waals surface area (Å²) in [4.78, 5) is 22.4. The van der Waals surface area contributed by atoms with Crippen molar-refractivity contribution in [2.75, 3.05) is 13.7 Å². The molecule has 1 aliphatic carbocycles. The van der Waals surface area contributed by atoms with Crippen LogP contribution >= 0.6 is 0 Å². The molecular weight excluding hydrogens is 292 g/mol. The van der Waals surface area contributed by atoms with Crippen LogP contribution in [-0.4, -0.2) is 25.7 Å². The Labute approximate surface area is 138 Å². The molecule has 23 heavy (non-hydrogen) atoms. The van der Waals surface area contributed by atoms with Gasteiger partial charge in [-0.2, -0.15) is 0 Å². The largest absolute Gasteiger partial charge is 0.469 e. The van der Waals surface area contributed by atoms with E-state index in [2.05, 4.69) is 12.1 Å². The smallest absolute Gasteiger partial charge is 0.305 e. The van der Waals surface area contributed by atoms with Gasteiger partial charge >= 0.3 is 11.9 Å². The Morgan fingerprint density at radius 2 is 1.83 bits per heavy atom. The number of methoxy groups -OCH3 is 1. The molecule has 4 heteroatoms. The minimum Gasteiger partial charge on any atom is -0.469 e. The van der Waals surface area contributed by atoms with Gasteiger partial charge in [0.2, 0.25) is 0 Å². The van der Waals surface area contributed by atoms with Crippen LogP contribution in [0.5, 0.6) is 0 Å². The van der Waals surface area contributed by atoms with E-state index in [1.165, 1.54) is 38.0 Å². The van der Waals surface area contributed by atoms with Crippen molar-refractivity contribution < 1.29 is 19.1 Å². The first kappa shape index (κ1) is 17.5. The van der Waals surface area contributed by atoms with E-state index in [4.69, 9.17) is 9.47 Å². The zero-order valence-electron chi connectivity index (χ0n) is 14.0. The highest BCUT2D eigenvalue weighted by Crippen LogP contribution is 2.35. The molecule has 0 aliphatic heterocycles. The Hall–Kier alpha value is -1.84. The van der Waals surface area contributed by atoms with Crippen molar-refractivity contribution in [1.29, 1.82) is 0 Å². The standard InChI is InChI=1S/C19H26O4/c1-14(20)23-13-18-9-5-8-17(18)12-16-7-4-3-6-15(16)10-11-19(21)22-2/h3-4,6-7,17-18H,5,8-13H2,1-2H3/t17-,18-/m0/s1. The molecule has 1 fully saturated rings. The molecule has 1 aromatic carbocycles. The normalized spacial score (nSPS) is 20.3. The molecule has 1 saturated carbocycles. The van der Waals surface area contributed by atoms with Gasteiger partial charge < -0.3 is 9.47 Å². The number of esters is 2. The van der Waals surface area contributed by atoms with Crippen LogP contribution < -0.4 is 0 Å². The second kappa shape index (κ2) is 8.70. The van der Waals surface area contributed by atoms with E-state index in [-0.39, 0.29) is 11.9 Å². The van der Waals surface area contributed by atoms with Gasteiger partial charge in [-0.1, -0.05) is 30.7 Å². The van der Waals surface area contributed by atoms with Crippen LogP contribution in [0.1, 0.15) is 43.7 Å². The summed E-state index contributed by atoms with van der Waals surface area (Å²) in [6, 6.07) is 8.30. The number of carbonyl (C=O) groups excluding carboxylic acids is 2. The van der Waals surface area contributed by atoms with Crippen LogP contribution in [0.3, 0.4) is 0 Å². The maximum atomic E-state index is 11.4. The molecule has 0 unspecified atom stereocenters. The summed E-state index contributed by atoms with van der Waals surface area (Å²) in [7, 11) is 1.42. The van der Waals surface area contributed by atoms with Gasteiger partial charge in [-0.3, -0.25) is 9.59 Å². The van der Waals surface area contributed by atoms with Gasteiger partial charge in [0.25, 0.3) is 0 Å². The first-order chi connectivity index (χ1) is 11.1. The first-order valence-corrected chi connectivity index (χ1v) is 8.37. The van der Waals surface area contributed by atoms with Gasteiger partial charge in [0.15, 0.2) is 0 Å². The Balaban J connectivity index is 1.98. The lowest BCUT2D eigenvalue weighted by Crippen LogP contribution is -2.19. The highest BCUT2D eigenvalue weighted by Gasteiger charge is 2.28. The first-order valence-electron chi connectivity index (χ1n) is 8.37. The van der Waals surface area contributed by atoms with Crippen LogP contribution in [0.25, 0.3) is 0 Å². The molecule has 0 spiro atoms. The fourth-order valence-corrected chi connectivity index (χ4v) is 3.45. The van der Waals surface area contributed by atoms with Crippen molar-refractivity contribution in [3.8, 4) is 0 Å². The van der Waals surface area contributed by atoms with E-state index in [0.717, 1.165) is 12.8 Å². The molecule has 0 amide bonds. The Morgan fingerprint density at radius 3 is 2.52 bits per heavy atom. The Kier molecular flexibility index (Phi) is 6.63. The minimum atomic E-state index is -0.200. The van der Waals surface area contributed by atoms with E-state index in [1.54, 1.807) is 0 Å². The fraction of sp³-hybridized carbons (Fsp3) is 0.579. The summed E-state index contributed by atoms with van der Waals surface area (Å²) < 4.78 is 9.95. The molecule has 0 saturated heterocycles. The van der Waals surface area contributed by atoms with Crippen LogP contribution in [0.4, 0.5) is 0 Å². The zero-order chi connectivity index (χ0) is 16.7. The fourth-order valence-electron chi connectivity index (χ4n) is 3.45. The molecule has 2 atom stereocenters. The highest BCUT2D eigenvalue weighted by molar-refractivity contribution is 5.69. The molecule has 0 radical (unpaired) electrons. The van der Waals surface area contributed by atoms with Crippen LogP contribution in [0.2, 0.25) is 0 Å². The van der Waals surface area contributed by atoms with E-state index in [0.29, 0.717) is 31.3 Å². The SMILES string of the molecule is COC(=O)CCc1ccccc1C[C@@H]1CCC[C@H]1COC(C)=O. The number of rotatable bonds is 7. The average molecular weight is 318 g/mol. The van der Waals surface area contributed by atoms with E-state index in [9.17, 15) is 9.59 Å². The average Bonchev–Trinajstić information content (AvgIpc) is 2.99. The second-order valence-electron chi connectivity index (χ2n) is 6.30. The number of aryl methyl sites for hydroxylation is 1. The molecule has 126 valence electrons. The summed E-state index contributed by atoms with van der Waals surface area (Å²) in [6.07, 6.45) is 5.61. The molecule has 0 N–H and O–H groups in total. The number of hydrogen-bond donors (Lipinski definition) is 0. The summed E-state index contributed by atoms with van der Waals surface area (Å²) in [6.45, 7) is 2.00.